The van der Waals surface area contributed by atoms with Crippen LogP contribution in [0.2, 0.25) is 0 Å². The zero-order valence-corrected chi connectivity index (χ0v) is 9.83. The molecule has 1 aliphatic rings. The molecule has 1 aromatic carbocycles. The predicted octanol–water partition coefficient (Wildman–Crippen LogP) is 2.71. The van der Waals surface area contributed by atoms with Crippen molar-refractivity contribution >= 4 is 5.78 Å². The molecule has 1 aliphatic carbocycles. The van der Waals surface area contributed by atoms with Crippen LogP contribution < -0.4 is 5.32 Å². The van der Waals surface area contributed by atoms with Gasteiger partial charge in [0.15, 0.2) is 5.78 Å². The van der Waals surface area contributed by atoms with Crippen LogP contribution in [-0.4, -0.2) is 18.4 Å². The molecule has 0 aliphatic heterocycles. The third-order valence-corrected chi connectivity index (χ3v) is 3.35. The zero-order chi connectivity index (χ0) is 11.4. The lowest BCUT2D eigenvalue weighted by Gasteiger charge is -2.11. The molecule has 1 N–H and O–H groups in total. The molecule has 1 aromatic rings. The molecule has 0 atom stereocenters. The minimum Gasteiger partial charge on any atom is -0.307 e. The van der Waals surface area contributed by atoms with Crippen molar-refractivity contribution in [1.82, 2.24) is 5.32 Å². The molecule has 0 aromatic heterocycles. The van der Waals surface area contributed by atoms with Gasteiger partial charge in [0.05, 0.1) is 6.54 Å². The second kappa shape index (κ2) is 5.26. The number of hydrogen-bond acceptors (Lipinski definition) is 2. The average molecular weight is 217 g/mol. The van der Waals surface area contributed by atoms with E-state index in [1.54, 1.807) is 0 Å². The predicted molar refractivity (Wildman–Crippen MR) is 65.8 cm³/mol. The molecular weight excluding hydrogens is 198 g/mol. The van der Waals surface area contributed by atoms with Gasteiger partial charge in [-0.05, 0) is 25.3 Å². The number of hydrogen-bond donors (Lipinski definition) is 1. The van der Waals surface area contributed by atoms with Gasteiger partial charge in [-0.2, -0.15) is 0 Å². The summed E-state index contributed by atoms with van der Waals surface area (Å²) in [6, 6.07) is 8.36. The maximum Gasteiger partial charge on any atom is 0.176 e. The van der Waals surface area contributed by atoms with E-state index in [-0.39, 0.29) is 5.78 Å². The first-order valence-electron chi connectivity index (χ1n) is 6.09. The van der Waals surface area contributed by atoms with E-state index in [2.05, 4.69) is 5.32 Å². The summed E-state index contributed by atoms with van der Waals surface area (Å²) in [5.41, 5.74) is 1.92. The molecule has 0 amide bonds. The standard InChI is InChI=1S/C14H19NO/c1-11-6-2-5-9-13(11)14(16)10-15-12-7-3-4-8-12/h2,5-6,9,12,15H,3-4,7-8,10H2,1H3. The fourth-order valence-electron chi connectivity index (χ4n) is 2.35. The largest absolute Gasteiger partial charge is 0.307 e. The van der Waals surface area contributed by atoms with Crippen LogP contribution in [0.1, 0.15) is 41.6 Å². The summed E-state index contributed by atoms with van der Waals surface area (Å²) in [5, 5.41) is 3.36. The van der Waals surface area contributed by atoms with E-state index in [1.165, 1.54) is 25.7 Å². The Hall–Kier alpha value is -1.15. The van der Waals surface area contributed by atoms with E-state index in [0.717, 1.165) is 11.1 Å². The quantitative estimate of drug-likeness (QED) is 0.786. The van der Waals surface area contributed by atoms with Gasteiger partial charge >= 0.3 is 0 Å². The molecule has 1 fully saturated rings. The highest BCUT2D eigenvalue weighted by Crippen LogP contribution is 2.17. The number of benzene rings is 1. The average Bonchev–Trinajstić information content (AvgIpc) is 2.79. The minimum absolute atomic E-state index is 0.213. The number of carbonyl (C=O) groups excluding carboxylic acids is 1. The summed E-state index contributed by atoms with van der Waals surface area (Å²) in [5.74, 6) is 0.213. The van der Waals surface area contributed by atoms with Gasteiger partial charge in [0.1, 0.15) is 0 Å². The van der Waals surface area contributed by atoms with Gasteiger partial charge in [0.2, 0.25) is 0 Å². The Labute approximate surface area is 97.1 Å². The summed E-state index contributed by atoms with van der Waals surface area (Å²) < 4.78 is 0. The number of ketones is 1. The molecule has 0 spiro atoms. The third kappa shape index (κ3) is 2.70. The third-order valence-electron chi connectivity index (χ3n) is 3.35. The lowest BCUT2D eigenvalue weighted by Crippen LogP contribution is -2.31. The molecule has 0 unspecified atom stereocenters. The van der Waals surface area contributed by atoms with Gasteiger partial charge < -0.3 is 5.32 Å². The van der Waals surface area contributed by atoms with Crippen LogP contribution >= 0.6 is 0 Å². The van der Waals surface area contributed by atoms with Crippen molar-refractivity contribution in [3.8, 4) is 0 Å². The van der Waals surface area contributed by atoms with Gasteiger partial charge in [0, 0.05) is 11.6 Å². The lowest BCUT2D eigenvalue weighted by atomic mass is 10.0. The number of aryl methyl sites for hydroxylation is 1. The molecule has 16 heavy (non-hydrogen) atoms. The maximum atomic E-state index is 12.0. The van der Waals surface area contributed by atoms with Crippen molar-refractivity contribution < 1.29 is 4.79 Å². The second-order valence-corrected chi connectivity index (χ2v) is 4.60. The van der Waals surface area contributed by atoms with Gasteiger partial charge in [-0.3, -0.25) is 4.79 Å². The van der Waals surface area contributed by atoms with E-state index in [4.69, 9.17) is 0 Å². The second-order valence-electron chi connectivity index (χ2n) is 4.60. The number of nitrogens with one attached hydrogen (secondary N) is 1. The number of carbonyl (C=O) groups is 1. The highest BCUT2D eigenvalue weighted by Gasteiger charge is 2.16. The summed E-state index contributed by atoms with van der Waals surface area (Å²) in [6.45, 7) is 2.47. The normalized spacial score (nSPS) is 16.6. The first-order valence-corrected chi connectivity index (χ1v) is 6.09. The summed E-state index contributed by atoms with van der Waals surface area (Å²) in [4.78, 5) is 12.0. The van der Waals surface area contributed by atoms with Gasteiger partial charge in [-0.15, -0.1) is 0 Å². The minimum atomic E-state index is 0.213. The van der Waals surface area contributed by atoms with Crippen molar-refractivity contribution in [2.24, 2.45) is 0 Å². The first kappa shape index (κ1) is 11.3. The molecule has 1 saturated carbocycles. The molecule has 0 radical (unpaired) electrons. The van der Waals surface area contributed by atoms with Crippen LogP contribution in [0.15, 0.2) is 24.3 Å². The van der Waals surface area contributed by atoms with Gasteiger partial charge in [0.25, 0.3) is 0 Å². The SMILES string of the molecule is Cc1ccccc1C(=O)CNC1CCCC1. The molecule has 86 valence electrons. The van der Waals surface area contributed by atoms with Crippen LogP contribution in [0.5, 0.6) is 0 Å². The van der Waals surface area contributed by atoms with E-state index >= 15 is 0 Å². The van der Waals surface area contributed by atoms with E-state index in [0.29, 0.717) is 12.6 Å². The van der Waals surface area contributed by atoms with Crippen molar-refractivity contribution in [3.63, 3.8) is 0 Å². The van der Waals surface area contributed by atoms with Crippen LogP contribution in [0.4, 0.5) is 0 Å². The van der Waals surface area contributed by atoms with Gasteiger partial charge in [-0.25, -0.2) is 0 Å². The van der Waals surface area contributed by atoms with Crippen LogP contribution in [0.25, 0.3) is 0 Å². The Morgan fingerprint density at radius 2 is 2.00 bits per heavy atom. The Morgan fingerprint density at radius 1 is 1.31 bits per heavy atom. The van der Waals surface area contributed by atoms with E-state index < -0.39 is 0 Å². The number of Topliss-reactive ketones (excluding diaryl/α,β-unsaturated/α-hetero) is 1. The van der Waals surface area contributed by atoms with Gasteiger partial charge in [-0.1, -0.05) is 37.1 Å². The first-order chi connectivity index (χ1) is 7.77. The fraction of sp³-hybridized carbons (Fsp3) is 0.500. The van der Waals surface area contributed by atoms with E-state index in [1.807, 2.05) is 31.2 Å². The highest BCUT2D eigenvalue weighted by molar-refractivity contribution is 5.98. The zero-order valence-electron chi connectivity index (χ0n) is 9.83. The molecule has 2 nitrogen and oxygen atoms in total. The monoisotopic (exact) mass is 217 g/mol. The Morgan fingerprint density at radius 3 is 2.69 bits per heavy atom. The summed E-state index contributed by atoms with van der Waals surface area (Å²) >= 11 is 0. The van der Waals surface area contributed by atoms with Crippen molar-refractivity contribution in [1.29, 1.82) is 0 Å². The topological polar surface area (TPSA) is 29.1 Å². The molecular formula is C14H19NO. The smallest absolute Gasteiger partial charge is 0.176 e. The highest BCUT2D eigenvalue weighted by atomic mass is 16.1. The van der Waals surface area contributed by atoms with E-state index in [9.17, 15) is 4.79 Å². The van der Waals surface area contributed by atoms with Crippen molar-refractivity contribution in [2.45, 2.75) is 38.6 Å². The summed E-state index contributed by atoms with van der Waals surface area (Å²) in [6.07, 6.45) is 5.05. The Bertz CT molecular complexity index is 367. The van der Waals surface area contributed by atoms with Crippen LogP contribution in [0.3, 0.4) is 0 Å². The molecule has 0 saturated heterocycles. The Kier molecular flexibility index (Phi) is 3.73. The Balaban J connectivity index is 1.90. The lowest BCUT2D eigenvalue weighted by molar-refractivity contribution is 0.0987. The van der Waals surface area contributed by atoms with Crippen molar-refractivity contribution in [2.75, 3.05) is 6.54 Å². The molecule has 2 rings (SSSR count). The molecule has 2 heteroatoms. The molecule has 0 heterocycles. The fourth-order valence-corrected chi connectivity index (χ4v) is 2.35. The van der Waals surface area contributed by atoms with Crippen LogP contribution in [0, 0.1) is 6.92 Å². The van der Waals surface area contributed by atoms with Crippen molar-refractivity contribution in [3.05, 3.63) is 35.4 Å². The number of rotatable bonds is 4. The molecule has 0 bridgehead atoms. The summed E-state index contributed by atoms with van der Waals surface area (Å²) in [7, 11) is 0. The van der Waals surface area contributed by atoms with Crippen LogP contribution in [-0.2, 0) is 0 Å². The maximum absolute atomic E-state index is 12.0.